The van der Waals surface area contributed by atoms with Crippen LogP contribution in [0.4, 0.5) is 13.2 Å². The number of nitrogens with zero attached hydrogens (tertiary/aromatic N) is 1. The summed E-state index contributed by atoms with van der Waals surface area (Å²) in [5.41, 5.74) is 0.872. The topological polar surface area (TPSA) is 69.7 Å². The number of pyridine rings is 1. The lowest BCUT2D eigenvalue weighted by molar-refractivity contribution is -0.154. The highest BCUT2D eigenvalue weighted by atomic mass is 19.4. The standard InChI is InChI=1S/C17H15F3N2O4/c18-17(19,20)9-24-16-12(2-1-6-22-16)15(23)21-7-5-11-3-4-13-14(8-11)26-10-25-13/h1-4,6,8H,5,7,9-10H2,(H,21,23). The maximum atomic E-state index is 12.3. The maximum absolute atomic E-state index is 12.3. The minimum Gasteiger partial charge on any atom is -0.467 e. The maximum Gasteiger partial charge on any atom is 0.422 e. The Kier molecular flexibility index (Phi) is 5.15. The van der Waals surface area contributed by atoms with E-state index in [1.807, 2.05) is 12.1 Å². The number of ether oxygens (including phenoxy) is 3. The second kappa shape index (κ2) is 7.51. The Morgan fingerprint density at radius 3 is 2.85 bits per heavy atom. The van der Waals surface area contributed by atoms with Gasteiger partial charge in [-0.1, -0.05) is 6.07 Å². The zero-order chi connectivity index (χ0) is 18.6. The molecule has 1 aromatic carbocycles. The van der Waals surface area contributed by atoms with Crippen molar-refractivity contribution < 1.29 is 32.2 Å². The van der Waals surface area contributed by atoms with E-state index in [1.165, 1.54) is 18.3 Å². The number of carbonyl (C=O) groups excluding carboxylic acids is 1. The van der Waals surface area contributed by atoms with E-state index in [1.54, 1.807) is 6.07 Å². The van der Waals surface area contributed by atoms with Crippen molar-refractivity contribution in [1.29, 1.82) is 0 Å². The van der Waals surface area contributed by atoms with Crippen LogP contribution in [0.1, 0.15) is 15.9 Å². The first-order valence-corrected chi connectivity index (χ1v) is 7.74. The van der Waals surface area contributed by atoms with E-state index in [-0.39, 0.29) is 24.8 Å². The molecule has 138 valence electrons. The minimum atomic E-state index is -4.51. The van der Waals surface area contributed by atoms with Crippen LogP contribution < -0.4 is 19.5 Å². The second-order valence-corrected chi connectivity index (χ2v) is 5.45. The molecule has 0 aliphatic carbocycles. The smallest absolute Gasteiger partial charge is 0.422 e. The third-order valence-corrected chi connectivity index (χ3v) is 3.52. The molecule has 0 saturated carbocycles. The molecule has 1 amide bonds. The molecule has 0 radical (unpaired) electrons. The molecule has 0 atom stereocenters. The summed E-state index contributed by atoms with van der Waals surface area (Å²) in [7, 11) is 0. The van der Waals surface area contributed by atoms with E-state index < -0.39 is 18.7 Å². The lowest BCUT2D eigenvalue weighted by Crippen LogP contribution is -2.27. The molecule has 1 aromatic heterocycles. The predicted octanol–water partition coefficient (Wildman–Crippen LogP) is 2.72. The normalized spacial score (nSPS) is 12.7. The first kappa shape index (κ1) is 17.8. The fourth-order valence-electron chi connectivity index (χ4n) is 2.34. The van der Waals surface area contributed by atoms with Gasteiger partial charge in [-0.05, 0) is 36.2 Å². The molecule has 0 spiro atoms. The molecule has 3 rings (SSSR count). The third kappa shape index (κ3) is 4.56. The Bertz CT molecular complexity index is 796. The van der Waals surface area contributed by atoms with Crippen LogP contribution in [0.15, 0.2) is 36.5 Å². The van der Waals surface area contributed by atoms with Crippen molar-refractivity contribution in [2.24, 2.45) is 0 Å². The van der Waals surface area contributed by atoms with Crippen molar-refractivity contribution in [2.45, 2.75) is 12.6 Å². The summed E-state index contributed by atoms with van der Waals surface area (Å²) in [6.07, 6.45) is -2.74. The van der Waals surface area contributed by atoms with Gasteiger partial charge in [-0.25, -0.2) is 4.98 Å². The van der Waals surface area contributed by atoms with Crippen LogP contribution in [-0.2, 0) is 6.42 Å². The van der Waals surface area contributed by atoms with Gasteiger partial charge >= 0.3 is 6.18 Å². The van der Waals surface area contributed by atoms with Gasteiger partial charge in [-0.3, -0.25) is 4.79 Å². The van der Waals surface area contributed by atoms with Crippen molar-refractivity contribution in [2.75, 3.05) is 19.9 Å². The molecule has 0 unspecified atom stereocenters. The summed E-state index contributed by atoms with van der Waals surface area (Å²) in [4.78, 5) is 15.9. The van der Waals surface area contributed by atoms with Crippen LogP contribution in [0.25, 0.3) is 0 Å². The number of amides is 1. The summed E-state index contributed by atoms with van der Waals surface area (Å²) in [6, 6.07) is 8.25. The van der Waals surface area contributed by atoms with E-state index in [9.17, 15) is 18.0 Å². The first-order chi connectivity index (χ1) is 12.4. The number of halogens is 3. The van der Waals surface area contributed by atoms with Crippen LogP contribution >= 0.6 is 0 Å². The number of benzene rings is 1. The van der Waals surface area contributed by atoms with Gasteiger partial charge in [0.2, 0.25) is 12.7 Å². The van der Waals surface area contributed by atoms with Crippen molar-refractivity contribution >= 4 is 5.91 Å². The fraction of sp³-hybridized carbons (Fsp3) is 0.294. The van der Waals surface area contributed by atoms with E-state index in [4.69, 9.17) is 9.47 Å². The van der Waals surface area contributed by atoms with E-state index in [2.05, 4.69) is 15.0 Å². The van der Waals surface area contributed by atoms with Gasteiger partial charge in [0.05, 0.1) is 0 Å². The highest BCUT2D eigenvalue weighted by Crippen LogP contribution is 2.32. The van der Waals surface area contributed by atoms with Crippen LogP contribution in [0, 0.1) is 0 Å². The lowest BCUT2D eigenvalue weighted by Gasteiger charge is -2.12. The molecule has 0 fully saturated rings. The Morgan fingerprint density at radius 2 is 2.04 bits per heavy atom. The summed E-state index contributed by atoms with van der Waals surface area (Å²) >= 11 is 0. The van der Waals surface area contributed by atoms with E-state index >= 15 is 0 Å². The van der Waals surface area contributed by atoms with Crippen LogP contribution in [0.5, 0.6) is 17.4 Å². The average Bonchev–Trinajstić information content (AvgIpc) is 3.07. The van der Waals surface area contributed by atoms with Crippen molar-refractivity contribution in [3.8, 4) is 17.4 Å². The fourth-order valence-corrected chi connectivity index (χ4v) is 2.34. The SMILES string of the molecule is O=C(NCCc1ccc2c(c1)OCO2)c1cccnc1OCC(F)(F)F. The number of hydrogen-bond acceptors (Lipinski definition) is 5. The van der Waals surface area contributed by atoms with Gasteiger partial charge in [0.25, 0.3) is 5.91 Å². The summed E-state index contributed by atoms with van der Waals surface area (Å²) < 4.78 is 52.0. The van der Waals surface area contributed by atoms with Gasteiger partial charge in [0, 0.05) is 12.7 Å². The molecule has 2 aromatic rings. The molecular weight excluding hydrogens is 353 g/mol. The summed E-state index contributed by atoms with van der Waals surface area (Å²) in [5, 5.41) is 2.64. The van der Waals surface area contributed by atoms with Crippen LogP contribution in [0.2, 0.25) is 0 Å². The molecule has 1 aliphatic heterocycles. The number of carbonyl (C=O) groups is 1. The highest BCUT2D eigenvalue weighted by molar-refractivity contribution is 5.96. The summed E-state index contributed by atoms with van der Waals surface area (Å²) in [6.45, 7) is -1.05. The lowest BCUT2D eigenvalue weighted by atomic mass is 10.1. The Labute approximate surface area is 146 Å². The predicted molar refractivity (Wildman–Crippen MR) is 84.4 cm³/mol. The number of aromatic nitrogens is 1. The number of fused-ring (bicyclic) bond motifs is 1. The number of nitrogens with one attached hydrogen (secondary N) is 1. The van der Waals surface area contributed by atoms with Gasteiger partial charge in [0.1, 0.15) is 5.56 Å². The van der Waals surface area contributed by atoms with Crippen molar-refractivity contribution in [3.05, 3.63) is 47.7 Å². The molecular formula is C17H15F3N2O4. The summed E-state index contributed by atoms with van der Waals surface area (Å²) in [5.74, 6) is 0.393. The highest BCUT2D eigenvalue weighted by Gasteiger charge is 2.29. The van der Waals surface area contributed by atoms with Gasteiger partial charge in [-0.2, -0.15) is 13.2 Å². The van der Waals surface area contributed by atoms with Gasteiger partial charge in [-0.15, -0.1) is 0 Å². The molecule has 0 bridgehead atoms. The quantitative estimate of drug-likeness (QED) is 0.849. The van der Waals surface area contributed by atoms with Crippen molar-refractivity contribution in [3.63, 3.8) is 0 Å². The number of alkyl halides is 3. The van der Waals surface area contributed by atoms with Gasteiger partial charge < -0.3 is 19.5 Å². The molecule has 2 heterocycles. The Morgan fingerprint density at radius 1 is 1.23 bits per heavy atom. The zero-order valence-electron chi connectivity index (χ0n) is 13.5. The van der Waals surface area contributed by atoms with E-state index in [0.29, 0.717) is 17.9 Å². The number of hydrogen-bond donors (Lipinski definition) is 1. The molecule has 26 heavy (non-hydrogen) atoms. The Hall–Kier alpha value is -2.97. The monoisotopic (exact) mass is 368 g/mol. The van der Waals surface area contributed by atoms with E-state index in [0.717, 1.165) is 5.56 Å². The van der Waals surface area contributed by atoms with Gasteiger partial charge in [0.15, 0.2) is 18.1 Å². The first-order valence-electron chi connectivity index (χ1n) is 7.74. The molecule has 1 N–H and O–H groups in total. The Balaban J connectivity index is 1.56. The third-order valence-electron chi connectivity index (χ3n) is 3.52. The minimum absolute atomic E-state index is 0.0533. The van der Waals surface area contributed by atoms with Crippen LogP contribution in [-0.4, -0.2) is 37.0 Å². The second-order valence-electron chi connectivity index (χ2n) is 5.45. The average molecular weight is 368 g/mol. The largest absolute Gasteiger partial charge is 0.467 e. The van der Waals surface area contributed by atoms with Crippen molar-refractivity contribution in [1.82, 2.24) is 10.3 Å². The molecule has 9 heteroatoms. The number of rotatable bonds is 6. The molecule has 1 aliphatic rings. The van der Waals surface area contributed by atoms with Crippen LogP contribution in [0.3, 0.4) is 0 Å². The zero-order valence-corrected chi connectivity index (χ0v) is 13.5. The molecule has 6 nitrogen and oxygen atoms in total. The molecule has 0 saturated heterocycles.